The quantitative estimate of drug-likeness (QED) is 0.679. The summed E-state index contributed by atoms with van der Waals surface area (Å²) >= 11 is 0. The molecule has 2 N–H and O–H groups in total. The summed E-state index contributed by atoms with van der Waals surface area (Å²) in [6, 6.07) is 3.47. The molecule has 2 saturated heterocycles. The summed E-state index contributed by atoms with van der Waals surface area (Å²) in [5, 5.41) is 22.2. The molecule has 1 aromatic carbocycles. The minimum Gasteiger partial charge on any atom is -0.507 e. The number of alkyl halides is 3. The van der Waals surface area contributed by atoms with Crippen LogP contribution in [-0.4, -0.2) is 55.3 Å². The third-order valence-electron chi connectivity index (χ3n) is 6.25. The minimum absolute atomic E-state index is 0.154. The average molecular weight is 418 g/mol. The van der Waals surface area contributed by atoms with Gasteiger partial charge in [0.05, 0.1) is 11.1 Å². The average Bonchev–Trinajstić information content (AvgIpc) is 3.18. The number of hydrogen-bond donors (Lipinski definition) is 2. The van der Waals surface area contributed by atoms with E-state index in [0.29, 0.717) is 29.5 Å². The van der Waals surface area contributed by atoms with Gasteiger partial charge in [0, 0.05) is 31.0 Å². The molecular formula is C20H21F3N6O. The number of phenolic OH excluding ortho intramolecular Hbond substituents is 1. The van der Waals surface area contributed by atoms with Gasteiger partial charge in [-0.15, -0.1) is 10.2 Å². The molecule has 0 spiro atoms. The van der Waals surface area contributed by atoms with Crippen molar-refractivity contribution in [2.24, 2.45) is 5.92 Å². The predicted octanol–water partition coefficient (Wildman–Crippen LogP) is 3.41. The van der Waals surface area contributed by atoms with Crippen LogP contribution in [0.25, 0.3) is 17.0 Å². The summed E-state index contributed by atoms with van der Waals surface area (Å²) in [7, 11) is 2.14. The molecule has 1 aliphatic carbocycles. The topological polar surface area (TPSA) is 78.6 Å². The molecule has 4 heterocycles. The van der Waals surface area contributed by atoms with E-state index in [4.69, 9.17) is 0 Å². The van der Waals surface area contributed by atoms with Gasteiger partial charge < -0.3 is 15.3 Å². The van der Waals surface area contributed by atoms with Gasteiger partial charge in [0.1, 0.15) is 5.75 Å². The van der Waals surface area contributed by atoms with Gasteiger partial charge in [-0.1, -0.05) is 0 Å². The summed E-state index contributed by atoms with van der Waals surface area (Å²) in [6.07, 6.45) is 2.13. The van der Waals surface area contributed by atoms with Crippen LogP contribution in [0.3, 0.4) is 0 Å². The Kier molecular flexibility index (Phi) is 4.35. The number of halogens is 3. The Morgan fingerprint density at radius 1 is 1.20 bits per heavy atom. The van der Waals surface area contributed by atoms with E-state index in [1.165, 1.54) is 12.5 Å². The highest BCUT2D eigenvalue weighted by Gasteiger charge is 2.39. The van der Waals surface area contributed by atoms with Crippen molar-refractivity contribution >= 4 is 11.5 Å². The SMILES string of the molecule is CN1CC2CCC1C(Nc1nnc(-c3ccc(C(F)(F)F)cc3O)n3ccnc13)C2. The van der Waals surface area contributed by atoms with Crippen LogP contribution in [-0.2, 0) is 6.18 Å². The molecule has 3 aromatic rings. The van der Waals surface area contributed by atoms with Crippen molar-refractivity contribution < 1.29 is 18.3 Å². The maximum atomic E-state index is 12.9. The predicted molar refractivity (Wildman–Crippen MR) is 104 cm³/mol. The molecule has 158 valence electrons. The number of hydrogen-bond acceptors (Lipinski definition) is 6. The van der Waals surface area contributed by atoms with E-state index in [1.807, 2.05) is 0 Å². The lowest BCUT2D eigenvalue weighted by Crippen LogP contribution is -2.56. The van der Waals surface area contributed by atoms with E-state index >= 15 is 0 Å². The molecule has 10 heteroatoms. The van der Waals surface area contributed by atoms with E-state index in [2.05, 4.69) is 32.4 Å². The first kappa shape index (κ1) is 19.1. The zero-order chi connectivity index (χ0) is 21.0. The Bertz CT molecular complexity index is 1100. The van der Waals surface area contributed by atoms with Gasteiger partial charge in [0.25, 0.3) is 0 Å². The van der Waals surface area contributed by atoms with Crippen molar-refractivity contribution in [1.29, 1.82) is 0 Å². The first-order valence-corrected chi connectivity index (χ1v) is 9.88. The maximum Gasteiger partial charge on any atom is 0.416 e. The first-order chi connectivity index (χ1) is 14.3. The Morgan fingerprint density at radius 2 is 2.03 bits per heavy atom. The summed E-state index contributed by atoms with van der Waals surface area (Å²) in [5.74, 6) is 0.897. The van der Waals surface area contributed by atoms with Crippen molar-refractivity contribution in [3.05, 3.63) is 36.2 Å². The number of phenols is 1. The third kappa shape index (κ3) is 3.15. The van der Waals surface area contributed by atoms with Gasteiger partial charge >= 0.3 is 6.18 Å². The Morgan fingerprint density at radius 3 is 2.73 bits per heavy atom. The van der Waals surface area contributed by atoms with Crippen molar-refractivity contribution in [3.63, 3.8) is 0 Å². The number of aromatic nitrogens is 4. The van der Waals surface area contributed by atoms with Crippen molar-refractivity contribution in [3.8, 4) is 17.1 Å². The summed E-state index contributed by atoms with van der Waals surface area (Å²) in [6.45, 7) is 1.11. The fraction of sp³-hybridized carbons (Fsp3) is 0.450. The number of nitrogens with one attached hydrogen (secondary N) is 1. The minimum atomic E-state index is -4.54. The molecule has 0 radical (unpaired) electrons. The fourth-order valence-electron chi connectivity index (χ4n) is 4.82. The molecule has 2 aliphatic heterocycles. The molecule has 7 nitrogen and oxygen atoms in total. The van der Waals surface area contributed by atoms with Gasteiger partial charge in [0.2, 0.25) is 0 Å². The number of benzene rings is 1. The summed E-state index contributed by atoms with van der Waals surface area (Å²) < 4.78 is 40.3. The van der Waals surface area contributed by atoms with Crippen LogP contribution in [0.2, 0.25) is 0 Å². The molecule has 3 fully saturated rings. The van der Waals surface area contributed by atoms with Crippen LogP contribution in [0, 0.1) is 5.92 Å². The van der Waals surface area contributed by atoms with E-state index in [1.54, 1.807) is 16.8 Å². The lowest BCUT2D eigenvalue weighted by Gasteiger charge is -2.48. The number of nitrogens with zero attached hydrogens (tertiary/aromatic N) is 5. The highest BCUT2D eigenvalue weighted by Crippen LogP contribution is 2.38. The number of aromatic hydroxyl groups is 1. The largest absolute Gasteiger partial charge is 0.507 e. The van der Waals surface area contributed by atoms with E-state index in [-0.39, 0.29) is 17.4 Å². The van der Waals surface area contributed by atoms with Crippen LogP contribution in [0.5, 0.6) is 5.75 Å². The van der Waals surface area contributed by atoms with Crippen molar-refractivity contribution in [1.82, 2.24) is 24.5 Å². The van der Waals surface area contributed by atoms with Crippen LogP contribution in [0.4, 0.5) is 19.0 Å². The molecule has 6 rings (SSSR count). The van der Waals surface area contributed by atoms with Crippen LogP contribution < -0.4 is 5.32 Å². The maximum absolute atomic E-state index is 12.9. The van der Waals surface area contributed by atoms with Gasteiger partial charge in [-0.25, -0.2) is 4.98 Å². The number of imidazole rings is 1. The van der Waals surface area contributed by atoms with Gasteiger partial charge in [0.15, 0.2) is 17.3 Å². The summed E-state index contributed by atoms with van der Waals surface area (Å²) in [4.78, 5) is 6.74. The molecule has 1 saturated carbocycles. The Hall–Kier alpha value is -2.88. The zero-order valence-corrected chi connectivity index (χ0v) is 16.3. The molecular weight excluding hydrogens is 397 g/mol. The van der Waals surface area contributed by atoms with E-state index in [0.717, 1.165) is 25.5 Å². The van der Waals surface area contributed by atoms with Crippen LogP contribution in [0.15, 0.2) is 30.6 Å². The number of piperidine rings is 2. The second-order valence-corrected chi connectivity index (χ2v) is 8.16. The lowest BCUT2D eigenvalue weighted by atomic mass is 9.77. The molecule has 3 atom stereocenters. The van der Waals surface area contributed by atoms with Crippen LogP contribution >= 0.6 is 0 Å². The number of rotatable bonds is 3. The van der Waals surface area contributed by atoms with Crippen LogP contribution in [0.1, 0.15) is 24.8 Å². The number of anilines is 1. The molecule has 3 unspecified atom stereocenters. The van der Waals surface area contributed by atoms with E-state index in [9.17, 15) is 18.3 Å². The third-order valence-corrected chi connectivity index (χ3v) is 6.25. The monoisotopic (exact) mass is 418 g/mol. The Labute approximate surface area is 170 Å². The van der Waals surface area contributed by atoms with Gasteiger partial charge in [-0.3, -0.25) is 4.40 Å². The molecule has 30 heavy (non-hydrogen) atoms. The van der Waals surface area contributed by atoms with Gasteiger partial charge in [-0.05, 0) is 50.4 Å². The highest BCUT2D eigenvalue weighted by molar-refractivity contribution is 5.71. The molecule has 3 aliphatic rings. The Balaban J connectivity index is 1.49. The standard InChI is InChI=1S/C20H21F3N6O/c1-28-10-11-2-5-15(28)14(8-11)25-17-19-24-6-7-29(19)18(27-26-17)13-4-3-12(9-16(13)30)20(21,22)23/h3-4,6-7,9,11,14-15,30H,2,5,8,10H2,1H3,(H,25,26). The smallest absolute Gasteiger partial charge is 0.416 e. The van der Waals surface area contributed by atoms with Crippen molar-refractivity contribution in [2.75, 3.05) is 18.9 Å². The number of fused-ring (bicyclic) bond motifs is 4. The highest BCUT2D eigenvalue weighted by atomic mass is 19.4. The molecule has 2 aromatic heterocycles. The molecule has 2 bridgehead atoms. The summed E-state index contributed by atoms with van der Waals surface area (Å²) in [5.41, 5.74) is -0.252. The van der Waals surface area contributed by atoms with Gasteiger partial charge in [-0.2, -0.15) is 13.2 Å². The normalized spacial score (nSPS) is 24.5. The fourth-order valence-corrected chi connectivity index (χ4v) is 4.82. The first-order valence-electron chi connectivity index (χ1n) is 9.88. The van der Waals surface area contributed by atoms with Crippen molar-refractivity contribution in [2.45, 2.75) is 37.5 Å². The van der Waals surface area contributed by atoms with E-state index < -0.39 is 17.5 Å². The lowest BCUT2D eigenvalue weighted by molar-refractivity contribution is -0.137. The number of likely N-dealkylation sites (N-methyl/N-ethyl adjacent to an activating group) is 1. The molecule has 0 amide bonds. The second kappa shape index (κ2) is 6.83. The zero-order valence-electron chi connectivity index (χ0n) is 16.3. The second-order valence-electron chi connectivity index (χ2n) is 8.16.